The second kappa shape index (κ2) is 8.56. The predicted molar refractivity (Wildman–Crippen MR) is 118 cm³/mol. The molecule has 1 amide bonds. The summed E-state index contributed by atoms with van der Waals surface area (Å²) in [5.41, 5.74) is 2.17. The fourth-order valence-electron chi connectivity index (χ4n) is 6.35. The van der Waals surface area contributed by atoms with Gasteiger partial charge in [0.1, 0.15) is 0 Å². The van der Waals surface area contributed by atoms with Gasteiger partial charge in [-0.05, 0) is 54.7 Å². The van der Waals surface area contributed by atoms with Crippen molar-refractivity contribution in [2.24, 2.45) is 11.3 Å². The van der Waals surface area contributed by atoms with Gasteiger partial charge in [-0.25, -0.2) is 0 Å². The molecule has 158 valence electrons. The van der Waals surface area contributed by atoms with Crippen LogP contribution in [0.25, 0.3) is 0 Å². The molecule has 4 fully saturated rings. The van der Waals surface area contributed by atoms with Crippen LogP contribution in [0.1, 0.15) is 67.3 Å². The molecule has 2 atom stereocenters. The average Bonchev–Trinajstić information content (AvgIpc) is 3.31. The van der Waals surface area contributed by atoms with Crippen molar-refractivity contribution in [2.45, 2.75) is 70.0 Å². The first-order valence-electron chi connectivity index (χ1n) is 11.1. The Morgan fingerprint density at radius 1 is 1.28 bits per heavy atom. The molecule has 2 saturated carbocycles. The maximum Gasteiger partial charge on any atom is 0.252 e. The third kappa shape index (κ3) is 4.35. The SMILES string of the molecule is O=C(NCC12CCCC(CCC1)C2)c1cc(CN2CC3CC2CN3)ccc1Cl.[CH2]. The van der Waals surface area contributed by atoms with Crippen molar-refractivity contribution in [2.75, 3.05) is 19.6 Å². The van der Waals surface area contributed by atoms with E-state index in [4.69, 9.17) is 11.6 Å². The average molecular weight is 416 g/mol. The van der Waals surface area contributed by atoms with Gasteiger partial charge in [-0.3, -0.25) is 9.69 Å². The summed E-state index contributed by atoms with van der Waals surface area (Å²) in [6, 6.07) is 7.27. The van der Waals surface area contributed by atoms with Gasteiger partial charge in [0.15, 0.2) is 0 Å². The van der Waals surface area contributed by atoms with E-state index in [2.05, 4.69) is 21.6 Å². The van der Waals surface area contributed by atoms with Crippen LogP contribution >= 0.6 is 11.6 Å². The molecule has 2 saturated heterocycles. The zero-order valence-corrected chi connectivity index (χ0v) is 18.1. The number of nitrogens with zero attached hydrogens (tertiary/aromatic N) is 1. The van der Waals surface area contributed by atoms with Crippen LogP contribution in [0.4, 0.5) is 0 Å². The Balaban J connectivity index is 0.00000205. The topological polar surface area (TPSA) is 44.4 Å². The number of halogens is 1. The Hall–Kier alpha value is -1.10. The minimum atomic E-state index is -0.00136. The summed E-state index contributed by atoms with van der Waals surface area (Å²) >= 11 is 6.41. The lowest BCUT2D eigenvalue weighted by Crippen LogP contribution is -2.43. The molecular formula is C24H34ClN3O. The molecule has 1 aromatic rings. The molecule has 1 aromatic carbocycles. The van der Waals surface area contributed by atoms with Crippen molar-refractivity contribution < 1.29 is 4.79 Å². The Bertz CT molecular complexity index is 742. The molecule has 2 unspecified atom stereocenters. The summed E-state index contributed by atoms with van der Waals surface area (Å²) in [4.78, 5) is 15.5. The number of benzene rings is 1. The van der Waals surface area contributed by atoms with Crippen LogP contribution in [-0.2, 0) is 6.54 Å². The lowest BCUT2D eigenvalue weighted by molar-refractivity contribution is 0.0681. The van der Waals surface area contributed by atoms with E-state index in [1.54, 1.807) is 0 Å². The summed E-state index contributed by atoms with van der Waals surface area (Å²) in [7, 11) is 0. The highest BCUT2D eigenvalue weighted by Crippen LogP contribution is 2.48. The van der Waals surface area contributed by atoms with Gasteiger partial charge in [0, 0.05) is 38.3 Å². The fourth-order valence-corrected chi connectivity index (χ4v) is 6.56. The van der Waals surface area contributed by atoms with Crippen LogP contribution in [0.15, 0.2) is 18.2 Å². The van der Waals surface area contributed by atoms with E-state index in [-0.39, 0.29) is 13.3 Å². The largest absolute Gasteiger partial charge is 0.351 e. The zero-order chi connectivity index (χ0) is 19.1. The van der Waals surface area contributed by atoms with Gasteiger partial charge >= 0.3 is 0 Å². The van der Waals surface area contributed by atoms with E-state index >= 15 is 0 Å². The molecule has 5 heteroatoms. The molecule has 29 heavy (non-hydrogen) atoms. The Labute approximate surface area is 180 Å². The molecule has 4 aliphatic rings. The van der Waals surface area contributed by atoms with Crippen LogP contribution in [0.2, 0.25) is 5.02 Å². The van der Waals surface area contributed by atoms with E-state index in [0.29, 0.717) is 28.1 Å². The summed E-state index contributed by atoms with van der Waals surface area (Å²) < 4.78 is 0. The molecule has 2 heterocycles. The molecule has 2 radical (unpaired) electrons. The zero-order valence-electron chi connectivity index (χ0n) is 17.4. The predicted octanol–water partition coefficient (Wildman–Crippen LogP) is 4.30. The fraction of sp³-hybridized carbons (Fsp3) is 0.667. The standard InChI is InChI=1S/C23H32ClN3O.CH2/c24-21-6-5-17(13-27-14-18-10-19(27)12-25-18)9-20(21)22(28)26-15-23-7-1-3-16(11-23)4-2-8-23;/h5-6,9,16,18-19,25H,1-4,7-8,10-15H2,(H,26,28);1H2. The molecule has 0 aromatic heterocycles. The van der Waals surface area contributed by atoms with Gasteiger partial charge in [-0.2, -0.15) is 0 Å². The van der Waals surface area contributed by atoms with Crippen LogP contribution in [0, 0.1) is 18.8 Å². The smallest absolute Gasteiger partial charge is 0.252 e. The summed E-state index contributed by atoms with van der Waals surface area (Å²) in [6.07, 6.45) is 10.5. The number of fused-ring (bicyclic) bond motifs is 4. The number of likely N-dealkylation sites (tertiary alicyclic amines) is 1. The number of carbonyl (C=O) groups is 1. The van der Waals surface area contributed by atoms with Crippen LogP contribution in [0.3, 0.4) is 0 Å². The first-order valence-corrected chi connectivity index (χ1v) is 11.5. The van der Waals surface area contributed by atoms with Crippen LogP contribution < -0.4 is 10.6 Å². The first kappa shape index (κ1) is 21.1. The molecule has 2 aliphatic carbocycles. The first-order chi connectivity index (χ1) is 13.6. The van der Waals surface area contributed by atoms with Crippen LogP contribution in [0.5, 0.6) is 0 Å². The highest BCUT2D eigenvalue weighted by molar-refractivity contribution is 6.33. The van der Waals surface area contributed by atoms with Crippen molar-refractivity contribution >= 4 is 17.5 Å². The number of nitrogens with one attached hydrogen (secondary N) is 2. The highest BCUT2D eigenvalue weighted by Gasteiger charge is 2.39. The summed E-state index contributed by atoms with van der Waals surface area (Å²) in [5, 5.41) is 7.37. The second-order valence-electron chi connectivity index (χ2n) is 9.78. The lowest BCUT2D eigenvalue weighted by Gasteiger charge is -2.45. The number of carbonyl (C=O) groups excluding carboxylic acids is 1. The molecule has 2 N–H and O–H groups in total. The Morgan fingerprint density at radius 2 is 2.07 bits per heavy atom. The quantitative estimate of drug-likeness (QED) is 0.753. The van der Waals surface area contributed by atoms with Crippen molar-refractivity contribution in [3.63, 3.8) is 0 Å². The molecule has 4 bridgehead atoms. The normalized spacial score (nSPS) is 33.3. The molecule has 4 nitrogen and oxygen atoms in total. The number of hydrogen-bond donors (Lipinski definition) is 2. The maximum absolute atomic E-state index is 13.0. The van der Waals surface area contributed by atoms with Crippen molar-refractivity contribution in [3.05, 3.63) is 41.8 Å². The van der Waals surface area contributed by atoms with Gasteiger partial charge in [0.25, 0.3) is 5.91 Å². The maximum atomic E-state index is 13.0. The van der Waals surface area contributed by atoms with Crippen molar-refractivity contribution in [1.29, 1.82) is 0 Å². The lowest BCUT2D eigenvalue weighted by atomic mass is 9.62. The third-order valence-electron chi connectivity index (χ3n) is 7.82. The molecule has 0 spiro atoms. The van der Waals surface area contributed by atoms with E-state index in [0.717, 1.165) is 32.1 Å². The van der Waals surface area contributed by atoms with E-state index in [1.165, 1.54) is 56.9 Å². The minimum absolute atomic E-state index is 0. The van der Waals surface area contributed by atoms with E-state index < -0.39 is 0 Å². The van der Waals surface area contributed by atoms with Gasteiger partial charge in [-0.15, -0.1) is 0 Å². The van der Waals surface area contributed by atoms with E-state index in [9.17, 15) is 4.79 Å². The van der Waals surface area contributed by atoms with Crippen molar-refractivity contribution in [1.82, 2.24) is 15.5 Å². The third-order valence-corrected chi connectivity index (χ3v) is 8.15. The number of rotatable bonds is 5. The molecular weight excluding hydrogens is 382 g/mol. The minimum Gasteiger partial charge on any atom is -0.351 e. The Morgan fingerprint density at radius 3 is 2.76 bits per heavy atom. The number of piperazine rings is 1. The second-order valence-corrected chi connectivity index (χ2v) is 10.2. The monoisotopic (exact) mass is 415 g/mol. The summed E-state index contributed by atoms with van der Waals surface area (Å²) in [5.74, 6) is 0.884. The number of amides is 1. The van der Waals surface area contributed by atoms with Gasteiger partial charge in [0.2, 0.25) is 0 Å². The van der Waals surface area contributed by atoms with Gasteiger partial charge < -0.3 is 10.6 Å². The molecule has 5 rings (SSSR count). The van der Waals surface area contributed by atoms with E-state index in [1.807, 2.05) is 12.1 Å². The molecule has 2 aliphatic heterocycles. The summed E-state index contributed by atoms with van der Waals surface area (Å²) in [6.45, 7) is 3.92. The van der Waals surface area contributed by atoms with Gasteiger partial charge in [0.05, 0.1) is 10.6 Å². The van der Waals surface area contributed by atoms with Gasteiger partial charge in [-0.1, -0.05) is 50.8 Å². The van der Waals surface area contributed by atoms with Crippen molar-refractivity contribution in [3.8, 4) is 0 Å². The highest BCUT2D eigenvalue weighted by atomic mass is 35.5. The Kier molecular flexibility index (Phi) is 6.24. The number of hydrogen-bond acceptors (Lipinski definition) is 3. The van der Waals surface area contributed by atoms with Crippen LogP contribution in [-0.4, -0.2) is 42.5 Å².